The van der Waals surface area contributed by atoms with E-state index in [1.165, 1.54) is 36.5 Å². The molecule has 1 aromatic heterocycles. The van der Waals surface area contributed by atoms with Gasteiger partial charge in [-0.25, -0.2) is 4.39 Å². The van der Waals surface area contributed by atoms with Crippen LogP contribution in [0.3, 0.4) is 0 Å². The molecule has 0 saturated heterocycles. The highest BCUT2D eigenvalue weighted by molar-refractivity contribution is 6.09. The van der Waals surface area contributed by atoms with Gasteiger partial charge in [-0.3, -0.25) is 14.8 Å². The molecule has 0 aliphatic carbocycles. The third kappa shape index (κ3) is 4.04. The summed E-state index contributed by atoms with van der Waals surface area (Å²) in [6.45, 7) is 7.09. The van der Waals surface area contributed by atoms with Crippen molar-refractivity contribution in [1.29, 1.82) is 0 Å². The topological polar surface area (TPSA) is 42.3 Å². The molecule has 150 valence electrons. The number of carbonyl (C=O) groups excluding carboxylic acids is 1. The average Bonchev–Trinajstić information content (AvgIpc) is 2.94. The van der Waals surface area contributed by atoms with Gasteiger partial charge in [0.1, 0.15) is 0 Å². The van der Waals surface area contributed by atoms with Gasteiger partial charge in [0.05, 0.1) is 23.0 Å². The molecule has 0 unspecified atom stereocenters. The summed E-state index contributed by atoms with van der Waals surface area (Å²) in [4.78, 5) is 20.7. The van der Waals surface area contributed by atoms with Gasteiger partial charge in [0, 0.05) is 40.9 Å². The van der Waals surface area contributed by atoms with Gasteiger partial charge in [-0.2, -0.15) is 13.2 Å². The number of nitrogens with zero attached hydrogens (tertiary/aromatic N) is 2. The summed E-state index contributed by atoms with van der Waals surface area (Å²) in [6, 6.07) is 5.19. The van der Waals surface area contributed by atoms with Gasteiger partial charge in [-0.05, 0) is 6.07 Å². The molecule has 0 bridgehead atoms. The minimum Gasteiger partial charge on any atom is -0.289 e. The van der Waals surface area contributed by atoms with Crippen LogP contribution in [0.2, 0.25) is 0 Å². The number of rotatable bonds is 4. The second-order valence-electron chi connectivity index (χ2n) is 7.35. The van der Waals surface area contributed by atoms with E-state index in [-0.39, 0.29) is 28.8 Å². The molecule has 0 radical (unpaired) electrons. The van der Waals surface area contributed by atoms with Crippen molar-refractivity contribution in [1.82, 2.24) is 4.98 Å². The zero-order chi connectivity index (χ0) is 21.4. The number of alkyl halides is 3. The zero-order valence-electron chi connectivity index (χ0n) is 15.8. The molecule has 1 aliphatic rings. The Morgan fingerprint density at radius 1 is 1.21 bits per heavy atom. The number of pyridine rings is 1. The fourth-order valence-corrected chi connectivity index (χ4v) is 3.27. The van der Waals surface area contributed by atoms with Crippen LogP contribution in [-0.4, -0.2) is 16.5 Å². The quantitative estimate of drug-likeness (QED) is 0.365. The Balaban J connectivity index is 2.07. The normalized spacial score (nSPS) is 17.3. The first-order chi connectivity index (χ1) is 13.5. The van der Waals surface area contributed by atoms with E-state index in [2.05, 4.69) is 16.6 Å². The van der Waals surface area contributed by atoms with Crippen molar-refractivity contribution in [3.63, 3.8) is 0 Å². The summed E-state index contributed by atoms with van der Waals surface area (Å²) in [5.41, 5.74) is -0.933. The lowest BCUT2D eigenvalue weighted by Crippen LogP contribution is -2.16. The van der Waals surface area contributed by atoms with Gasteiger partial charge in [0.15, 0.2) is 11.6 Å². The van der Waals surface area contributed by atoms with E-state index >= 15 is 0 Å². The van der Waals surface area contributed by atoms with Crippen LogP contribution >= 0.6 is 0 Å². The van der Waals surface area contributed by atoms with Crippen molar-refractivity contribution in [2.45, 2.75) is 26.4 Å². The molecule has 29 heavy (non-hydrogen) atoms. The van der Waals surface area contributed by atoms with Crippen LogP contribution in [0.4, 0.5) is 17.6 Å². The minimum absolute atomic E-state index is 0.0224. The summed E-state index contributed by atoms with van der Waals surface area (Å²) in [7, 11) is 0. The van der Waals surface area contributed by atoms with Gasteiger partial charge in [0.25, 0.3) is 0 Å². The van der Waals surface area contributed by atoms with Gasteiger partial charge in [-0.1, -0.05) is 44.7 Å². The largest absolute Gasteiger partial charge is 0.417 e. The van der Waals surface area contributed by atoms with E-state index < -0.39 is 28.8 Å². The fourth-order valence-electron chi connectivity index (χ4n) is 3.27. The lowest BCUT2D eigenvalue weighted by atomic mass is 9.84. The van der Waals surface area contributed by atoms with Crippen LogP contribution in [-0.2, 0) is 6.18 Å². The first-order valence-electron chi connectivity index (χ1n) is 8.81. The van der Waals surface area contributed by atoms with Crippen molar-refractivity contribution < 1.29 is 22.4 Å². The summed E-state index contributed by atoms with van der Waals surface area (Å²) >= 11 is 0. The van der Waals surface area contributed by atoms with E-state index in [4.69, 9.17) is 0 Å². The Bertz CT molecular complexity index is 1050. The highest BCUT2D eigenvalue weighted by Gasteiger charge is 2.38. The van der Waals surface area contributed by atoms with Crippen molar-refractivity contribution in [3.05, 3.63) is 83.1 Å². The maximum Gasteiger partial charge on any atom is 0.417 e. The molecule has 0 fully saturated rings. The number of halogens is 4. The second kappa shape index (κ2) is 7.39. The van der Waals surface area contributed by atoms with Gasteiger partial charge in [0.2, 0.25) is 0 Å². The number of aliphatic imine (C=N–C) groups is 1. The van der Waals surface area contributed by atoms with Crippen LogP contribution < -0.4 is 0 Å². The van der Waals surface area contributed by atoms with E-state index in [0.717, 1.165) is 12.3 Å². The van der Waals surface area contributed by atoms with E-state index in [0.29, 0.717) is 5.70 Å². The molecule has 0 atom stereocenters. The van der Waals surface area contributed by atoms with Crippen LogP contribution in [0.1, 0.15) is 47.3 Å². The molecule has 3 rings (SSSR count). The zero-order valence-corrected chi connectivity index (χ0v) is 15.8. The number of aromatic nitrogens is 1. The standard InChI is InChI=1S/C22H18F4N2O/c1-4-13-11-27-12-16(23)20(13)18(29)9-19-21(2,3)10-17(28-19)14-7-5-6-8-15(14)22(24,25)26/h4-9,11-12H,1,10H2,2-3H3/b19-9+. The Hall–Kier alpha value is -3.09. The summed E-state index contributed by atoms with van der Waals surface area (Å²) in [5, 5.41) is 0. The van der Waals surface area contributed by atoms with E-state index in [9.17, 15) is 22.4 Å². The monoisotopic (exact) mass is 402 g/mol. The average molecular weight is 402 g/mol. The predicted octanol–water partition coefficient (Wildman–Crippen LogP) is 5.87. The Labute approximate surface area is 165 Å². The number of benzene rings is 1. The number of carbonyl (C=O) groups is 1. The molecular formula is C22H18F4N2O. The van der Waals surface area contributed by atoms with Crippen molar-refractivity contribution in [2.75, 3.05) is 0 Å². The highest BCUT2D eigenvalue weighted by atomic mass is 19.4. The van der Waals surface area contributed by atoms with Crippen LogP contribution in [0.25, 0.3) is 6.08 Å². The molecule has 1 aromatic carbocycles. The highest BCUT2D eigenvalue weighted by Crippen LogP contribution is 2.42. The van der Waals surface area contributed by atoms with Crippen molar-refractivity contribution in [3.8, 4) is 0 Å². The first kappa shape index (κ1) is 20.6. The molecule has 2 heterocycles. The molecule has 0 N–H and O–H groups in total. The van der Waals surface area contributed by atoms with E-state index in [1.807, 2.05) is 0 Å². The van der Waals surface area contributed by atoms with Gasteiger partial charge in [-0.15, -0.1) is 0 Å². The third-order valence-corrected chi connectivity index (χ3v) is 4.76. The van der Waals surface area contributed by atoms with Crippen molar-refractivity contribution >= 4 is 17.6 Å². The maximum atomic E-state index is 14.2. The molecule has 7 heteroatoms. The van der Waals surface area contributed by atoms with Crippen LogP contribution in [0.5, 0.6) is 0 Å². The number of hydrogen-bond acceptors (Lipinski definition) is 3. The molecular weight excluding hydrogens is 384 g/mol. The Morgan fingerprint density at radius 2 is 1.90 bits per heavy atom. The SMILES string of the molecule is C=Cc1cncc(F)c1C(=O)/C=C1/N=C(c2ccccc2C(F)(F)F)CC1(C)C. The van der Waals surface area contributed by atoms with Crippen molar-refractivity contribution in [2.24, 2.45) is 10.4 Å². The van der Waals surface area contributed by atoms with Gasteiger partial charge >= 0.3 is 6.18 Å². The lowest BCUT2D eigenvalue weighted by Gasteiger charge is -2.18. The Kier molecular flexibility index (Phi) is 5.26. The van der Waals surface area contributed by atoms with E-state index in [1.54, 1.807) is 13.8 Å². The van der Waals surface area contributed by atoms with Gasteiger partial charge < -0.3 is 0 Å². The number of hydrogen-bond donors (Lipinski definition) is 0. The molecule has 0 saturated carbocycles. The summed E-state index contributed by atoms with van der Waals surface area (Å²) < 4.78 is 54.3. The molecule has 0 amide bonds. The first-order valence-corrected chi connectivity index (χ1v) is 8.81. The number of ketones is 1. The molecule has 1 aliphatic heterocycles. The third-order valence-electron chi connectivity index (χ3n) is 4.76. The maximum absolute atomic E-state index is 14.2. The smallest absolute Gasteiger partial charge is 0.289 e. The van der Waals surface area contributed by atoms with Crippen LogP contribution in [0, 0.1) is 11.2 Å². The summed E-state index contributed by atoms with van der Waals surface area (Å²) in [5.74, 6) is -1.44. The molecule has 2 aromatic rings. The second-order valence-corrected chi connectivity index (χ2v) is 7.35. The Morgan fingerprint density at radius 3 is 2.55 bits per heavy atom. The fraction of sp³-hybridized carbons (Fsp3) is 0.227. The lowest BCUT2D eigenvalue weighted by molar-refractivity contribution is -0.137. The number of allylic oxidation sites excluding steroid dienone is 2. The summed E-state index contributed by atoms with van der Waals surface area (Å²) in [6.07, 6.45) is 0.421. The molecule has 0 spiro atoms. The predicted molar refractivity (Wildman–Crippen MR) is 103 cm³/mol. The van der Waals surface area contributed by atoms with Crippen LogP contribution in [0.15, 0.2) is 60.0 Å². The molecule has 3 nitrogen and oxygen atoms in total. The minimum atomic E-state index is -4.52.